The Bertz CT molecular complexity index is 709. The van der Waals surface area contributed by atoms with Crippen molar-refractivity contribution in [3.05, 3.63) is 28.8 Å². The van der Waals surface area contributed by atoms with Gasteiger partial charge in [0.05, 0.1) is 6.04 Å². The van der Waals surface area contributed by atoms with E-state index in [1.807, 2.05) is 0 Å². The molecule has 1 N–H and O–H groups in total. The molecule has 1 atom stereocenters. The minimum atomic E-state index is 0.0707. The average molecular weight is 367 g/mol. The summed E-state index contributed by atoms with van der Waals surface area (Å²) in [6.45, 7) is 7.47. The van der Waals surface area contributed by atoms with Crippen LogP contribution >= 0.6 is 0 Å². The van der Waals surface area contributed by atoms with Crippen molar-refractivity contribution in [3.63, 3.8) is 0 Å². The van der Waals surface area contributed by atoms with Crippen molar-refractivity contribution in [1.82, 2.24) is 4.90 Å². The van der Waals surface area contributed by atoms with Gasteiger partial charge in [-0.3, -0.25) is 9.69 Å². The van der Waals surface area contributed by atoms with Gasteiger partial charge in [-0.25, -0.2) is 0 Å². The Kier molecular flexibility index (Phi) is 4.16. The van der Waals surface area contributed by atoms with Gasteiger partial charge < -0.3 is 5.32 Å². The summed E-state index contributed by atoms with van der Waals surface area (Å²) in [6.07, 6.45) is 10.6. The van der Waals surface area contributed by atoms with E-state index in [1.165, 1.54) is 61.6 Å². The van der Waals surface area contributed by atoms with E-state index in [9.17, 15) is 4.79 Å². The molecule has 27 heavy (non-hydrogen) atoms. The lowest BCUT2D eigenvalue weighted by Gasteiger charge is -2.60. The number of nitrogens with one attached hydrogen (secondary N) is 1. The van der Waals surface area contributed by atoms with Crippen LogP contribution in [0.1, 0.15) is 68.1 Å². The summed E-state index contributed by atoms with van der Waals surface area (Å²) < 4.78 is 0. The minimum absolute atomic E-state index is 0.0707. The number of rotatable bonds is 3. The zero-order chi connectivity index (χ0) is 18.8. The van der Waals surface area contributed by atoms with Crippen molar-refractivity contribution in [2.45, 2.75) is 83.7 Å². The van der Waals surface area contributed by atoms with Crippen LogP contribution in [0.2, 0.25) is 0 Å². The molecule has 5 fully saturated rings. The number of benzene rings is 1. The predicted molar refractivity (Wildman–Crippen MR) is 110 cm³/mol. The first-order valence-electron chi connectivity index (χ1n) is 11.1. The van der Waals surface area contributed by atoms with Crippen LogP contribution in [0.3, 0.4) is 0 Å². The number of aryl methyl sites for hydroxylation is 3. The molecule has 1 aromatic rings. The number of anilines is 1. The summed E-state index contributed by atoms with van der Waals surface area (Å²) in [7, 11) is 0. The van der Waals surface area contributed by atoms with E-state index in [0.29, 0.717) is 5.54 Å². The van der Waals surface area contributed by atoms with Crippen molar-refractivity contribution >= 4 is 11.6 Å². The second kappa shape index (κ2) is 6.34. The minimum Gasteiger partial charge on any atom is -0.324 e. The fourth-order valence-electron chi connectivity index (χ4n) is 7.61. The van der Waals surface area contributed by atoms with Crippen LogP contribution in [-0.4, -0.2) is 28.9 Å². The lowest BCUT2D eigenvalue weighted by molar-refractivity contribution is -0.131. The molecule has 5 aliphatic rings. The Hall–Kier alpha value is -1.35. The Morgan fingerprint density at radius 1 is 1.00 bits per heavy atom. The molecular weight excluding hydrogens is 332 g/mol. The van der Waals surface area contributed by atoms with Crippen molar-refractivity contribution in [3.8, 4) is 0 Å². The Morgan fingerprint density at radius 3 is 2.11 bits per heavy atom. The van der Waals surface area contributed by atoms with Gasteiger partial charge in [-0.05, 0) is 108 Å². The van der Waals surface area contributed by atoms with Crippen molar-refractivity contribution in [2.24, 2.45) is 17.8 Å². The quantitative estimate of drug-likeness (QED) is 0.818. The zero-order valence-corrected chi connectivity index (χ0v) is 17.2. The van der Waals surface area contributed by atoms with Gasteiger partial charge in [0.1, 0.15) is 0 Å². The number of carbonyl (C=O) groups excluding carboxylic acids is 1. The molecule has 0 radical (unpaired) electrons. The van der Waals surface area contributed by atoms with Crippen molar-refractivity contribution in [1.29, 1.82) is 0 Å². The molecule has 4 aliphatic carbocycles. The maximum Gasteiger partial charge on any atom is 0.241 e. The molecule has 3 heteroatoms. The topological polar surface area (TPSA) is 32.3 Å². The SMILES string of the molecule is Cc1cc(C)c(NC(=O)C2CCCN2C23CC4CC(CC(C4)C2)C3)c(C)c1. The van der Waals surface area contributed by atoms with Crippen molar-refractivity contribution < 1.29 is 4.79 Å². The van der Waals surface area contributed by atoms with E-state index in [2.05, 4.69) is 43.1 Å². The van der Waals surface area contributed by atoms with Crippen LogP contribution in [0.25, 0.3) is 0 Å². The molecule has 4 bridgehead atoms. The fraction of sp³-hybridized carbons (Fsp3) is 0.708. The predicted octanol–water partition coefficient (Wildman–Crippen LogP) is 4.98. The molecule has 0 aromatic heterocycles. The Balaban J connectivity index is 1.38. The molecule has 1 aliphatic heterocycles. The summed E-state index contributed by atoms with van der Waals surface area (Å²) in [4.78, 5) is 16.0. The van der Waals surface area contributed by atoms with Crippen LogP contribution in [-0.2, 0) is 4.79 Å². The van der Waals surface area contributed by atoms with Crippen LogP contribution in [0.15, 0.2) is 12.1 Å². The summed E-state index contributed by atoms with van der Waals surface area (Å²) in [6, 6.07) is 4.42. The summed E-state index contributed by atoms with van der Waals surface area (Å²) in [5, 5.41) is 3.33. The van der Waals surface area contributed by atoms with E-state index in [1.54, 1.807) is 0 Å². The van der Waals surface area contributed by atoms with Gasteiger partial charge in [0.15, 0.2) is 0 Å². The normalized spacial score (nSPS) is 37.7. The number of amides is 1. The monoisotopic (exact) mass is 366 g/mol. The van der Waals surface area contributed by atoms with Crippen molar-refractivity contribution in [2.75, 3.05) is 11.9 Å². The molecule has 1 saturated heterocycles. The van der Waals surface area contributed by atoms with E-state index in [4.69, 9.17) is 0 Å². The molecule has 1 unspecified atom stereocenters. The second-order valence-corrected chi connectivity index (χ2v) is 10.3. The highest BCUT2D eigenvalue weighted by Crippen LogP contribution is 2.58. The Morgan fingerprint density at radius 2 is 1.56 bits per heavy atom. The van der Waals surface area contributed by atoms with E-state index in [-0.39, 0.29) is 11.9 Å². The highest BCUT2D eigenvalue weighted by Gasteiger charge is 2.56. The molecule has 1 amide bonds. The summed E-state index contributed by atoms with van der Waals surface area (Å²) >= 11 is 0. The highest BCUT2D eigenvalue weighted by atomic mass is 16.2. The zero-order valence-electron chi connectivity index (χ0n) is 17.2. The van der Waals surface area contributed by atoms with Gasteiger partial charge in [0, 0.05) is 11.2 Å². The smallest absolute Gasteiger partial charge is 0.241 e. The molecule has 146 valence electrons. The lowest BCUT2D eigenvalue weighted by Crippen LogP contribution is -2.62. The van der Waals surface area contributed by atoms with Gasteiger partial charge in [-0.2, -0.15) is 0 Å². The van der Waals surface area contributed by atoms with Crippen LogP contribution < -0.4 is 5.32 Å². The van der Waals surface area contributed by atoms with Crippen LogP contribution in [0, 0.1) is 38.5 Å². The summed E-state index contributed by atoms with van der Waals surface area (Å²) in [5.74, 6) is 3.03. The third-order valence-electron chi connectivity index (χ3n) is 8.10. The van der Waals surface area contributed by atoms with Gasteiger partial charge in [0.25, 0.3) is 0 Å². The highest BCUT2D eigenvalue weighted by molar-refractivity contribution is 5.96. The third kappa shape index (κ3) is 2.93. The molecule has 0 spiro atoms. The van der Waals surface area contributed by atoms with Gasteiger partial charge in [-0.1, -0.05) is 17.7 Å². The number of hydrogen-bond acceptors (Lipinski definition) is 2. The number of likely N-dealkylation sites (tertiary alicyclic amines) is 1. The van der Waals surface area contributed by atoms with E-state index < -0.39 is 0 Å². The lowest BCUT2D eigenvalue weighted by atomic mass is 9.52. The van der Waals surface area contributed by atoms with Crippen LogP contribution in [0.5, 0.6) is 0 Å². The maximum atomic E-state index is 13.4. The third-order valence-corrected chi connectivity index (χ3v) is 8.10. The molecule has 1 aromatic carbocycles. The first kappa shape index (κ1) is 17.7. The average Bonchev–Trinajstić information content (AvgIpc) is 3.07. The van der Waals surface area contributed by atoms with Crippen LogP contribution in [0.4, 0.5) is 5.69 Å². The molecular formula is C24H34N2O. The molecule has 4 saturated carbocycles. The first-order valence-corrected chi connectivity index (χ1v) is 11.1. The van der Waals surface area contributed by atoms with E-state index >= 15 is 0 Å². The first-order chi connectivity index (χ1) is 12.9. The second-order valence-electron chi connectivity index (χ2n) is 10.3. The standard InChI is InChI=1S/C24H34N2O/c1-15-7-16(2)22(17(3)8-15)25-23(27)21-5-4-6-26(21)24-12-18-9-19(13-24)11-20(10-18)14-24/h7-8,18-21H,4-6,9-14H2,1-3H3,(H,25,27). The fourth-order valence-corrected chi connectivity index (χ4v) is 7.61. The van der Waals surface area contributed by atoms with Gasteiger partial charge in [-0.15, -0.1) is 0 Å². The number of carbonyl (C=O) groups is 1. The molecule has 1 heterocycles. The van der Waals surface area contributed by atoms with E-state index in [0.717, 1.165) is 36.4 Å². The number of nitrogens with zero attached hydrogens (tertiary/aromatic N) is 1. The Labute approximate surface area is 163 Å². The molecule has 6 rings (SSSR count). The maximum absolute atomic E-state index is 13.4. The van der Waals surface area contributed by atoms with Gasteiger partial charge in [0.2, 0.25) is 5.91 Å². The largest absolute Gasteiger partial charge is 0.324 e. The molecule has 3 nitrogen and oxygen atoms in total. The van der Waals surface area contributed by atoms with Gasteiger partial charge >= 0.3 is 0 Å². The number of hydrogen-bond donors (Lipinski definition) is 1. The summed E-state index contributed by atoms with van der Waals surface area (Å²) in [5.41, 5.74) is 4.99.